The standard InChI is InChI=1S/C24H35N5O2S/c1-24(31)16-29(17-24)23(30)25-19-8-6-18(7-9-19)10-11-27-12-14-28(15-13-27)22-20-4-2-3-5-21(20)32-26-22/h2-5,18-19,31H,6-17H2,1H3,(H,25,30)/t18-,19-. The fourth-order valence-corrected chi connectivity index (χ4v) is 6.23. The number of fused-ring (bicyclic) bond motifs is 1. The molecular formula is C24H35N5O2S. The number of rotatable bonds is 5. The molecule has 0 atom stereocenters. The van der Waals surface area contributed by atoms with E-state index in [1.807, 2.05) is 0 Å². The molecule has 5 rings (SSSR count). The van der Waals surface area contributed by atoms with Crippen LogP contribution >= 0.6 is 11.5 Å². The van der Waals surface area contributed by atoms with Gasteiger partial charge in [-0.2, -0.15) is 4.37 Å². The van der Waals surface area contributed by atoms with Gasteiger partial charge in [-0.3, -0.25) is 4.90 Å². The van der Waals surface area contributed by atoms with Crippen molar-refractivity contribution in [2.24, 2.45) is 5.92 Å². The minimum absolute atomic E-state index is 0.00858. The molecular weight excluding hydrogens is 422 g/mol. The molecule has 3 heterocycles. The van der Waals surface area contributed by atoms with E-state index in [-0.39, 0.29) is 6.03 Å². The number of hydrogen-bond acceptors (Lipinski definition) is 6. The first kappa shape index (κ1) is 21.9. The maximum atomic E-state index is 12.3. The SMILES string of the molecule is CC1(O)CN(C(=O)N[C@H]2CC[C@H](CCN3CCN(c4nsc5ccccc45)CC3)CC2)C1. The first-order valence-corrected chi connectivity index (χ1v) is 12.8. The predicted molar refractivity (Wildman–Crippen MR) is 129 cm³/mol. The number of carbonyl (C=O) groups excluding carboxylic acids is 1. The Morgan fingerprint density at radius 3 is 2.59 bits per heavy atom. The van der Waals surface area contributed by atoms with E-state index in [4.69, 9.17) is 4.37 Å². The second-order valence-corrected chi connectivity index (χ2v) is 10.9. The molecule has 32 heavy (non-hydrogen) atoms. The second kappa shape index (κ2) is 9.15. The number of aliphatic hydroxyl groups is 1. The van der Waals surface area contributed by atoms with Crippen molar-refractivity contribution in [3.05, 3.63) is 24.3 Å². The molecule has 1 aromatic heterocycles. The summed E-state index contributed by atoms with van der Waals surface area (Å²) >= 11 is 1.60. The summed E-state index contributed by atoms with van der Waals surface area (Å²) in [6.45, 7) is 8.17. The minimum atomic E-state index is -0.700. The Morgan fingerprint density at radius 2 is 1.88 bits per heavy atom. The van der Waals surface area contributed by atoms with Gasteiger partial charge in [0.25, 0.3) is 0 Å². The number of likely N-dealkylation sites (tertiary alicyclic amines) is 1. The number of amides is 2. The van der Waals surface area contributed by atoms with Crippen molar-refractivity contribution in [3.8, 4) is 0 Å². The normalized spacial score (nSPS) is 26.2. The molecule has 2 aromatic rings. The van der Waals surface area contributed by atoms with Crippen LogP contribution in [0.25, 0.3) is 10.1 Å². The fraction of sp³-hybridized carbons (Fsp3) is 0.667. The second-order valence-electron chi connectivity index (χ2n) is 10.1. The number of carbonyl (C=O) groups is 1. The van der Waals surface area contributed by atoms with Crippen molar-refractivity contribution < 1.29 is 9.90 Å². The highest BCUT2D eigenvalue weighted by atomic mass is 32.1. The number of aromatic nitrogens is 1. The van der Waals surface area contributed by atoms with Gasteiger partial charge in [-0.05, 0) is 75.2 Å². The number of hydrogen-bond donors (Lipinski definition) is 2. The highest BCUT2D eigenvalue weighted by Crippen LogP contribution is 2.31. The minimum Gasteiger partial charge on any atom is -0.386 e. The third-order valence-corrected chi connectivity index (χ3v) is 8.23. The lowest BCUT2D eigenvalue weighted by atomic mass is 9.84. The fourth-order valence-electron chi connectivity index (χ4n) is 5.43. The van der Waals surface area contributed by atoms with E-state index in [0.717, 1.165) is 50.8 Å². The summed E-state index contributed by atoms with van der Waals surface area (Å²) < 4.78 is 5.99. The van der Waals surface area contributed by atoms with Crippen molar-refractivity contribution in [1.82, 2.24) is 19.5 Å². The smallest absolute Gasteiger partial charge is 0.317 e. The van der Waals surface area contributed by atoms with Gasteiger partial charge in [-0.25, -0.2) is 4.79 Å². The topological polar surface area (TPSA) is 71.9 Å². The van der Waals surface area contributed by atoms with E-state index in [9.17, 15) is 9.90 Å². The van der Waals surface area contributed by atoms with Gasteiger partial charge in [0.15, 0.2) is 0 Å². The molecule has 3 fully saturated rings. The largest absolute Gasteiger partial charge is 0.386 e. The van der Waals surface area contributed by atoms with Crippen molar-refractivity contribution >= 4 is 33.5 Å². The van der Waals surface area contributed by atoms with E-state index in [1.54, 1.807) is 23.4 Å². The molecule has 0 unspecified atom stereocenters. The lowest BCUT2D eigenvalue weighted by Crippen LogP contribution is -2.64. The van der Waals surface area contributed by atoms with Gasteiger partial charge in [0.05, 0.1) is 23.4 Å². The number of nitrogens with one attached hydrogen (secondary N) is 1. The highest BCUT2D eigenvalue weighted by molar-refractivity contribution is 7.13. The molecule has 0 radical (unpaired) electrons. The summed E-state index contributed by atoms with van der Waals surface area (Å²) in [4.78, 5) is 19.0. The first-order valence-electron chi connectivity index (χ1n) is 12.1. The summed E-state index contributed by atoms with van der Waals surface area (Å²) in [5.74, 6) is 1.93. The predicted octanol–water partition coefficient (Wildman–Crippen LogP) is 3.14. The lowest BCUT2D eigenvalue weighted by Gasteiger charge is -2.44. The summed E-state index contributed by atoms with van der Waals surface area (Å²) in [5.41, 5.74) is -0.700. The molecule has 2 aliphatic heterocycles. The number of benzene rings is 1. The van der Waals surface area contributed by atoms with Crippen LogP contribution in [0.2, 0.25) is 0 Å². The Labute approximate surface area is 194 Å². The molecule has 174 valence electrons. The van der Waals surface area contributed by atoms with Gasteiger partial charge in [0.1, 0.15) is 5.82 Å². The molecule has 2 saturated heterocycles. The molecule has 7 nitrogen and oxygen atoms in total. The quantitative estimate of drug-likeness (QED) is 0.722. The summed E-state index contributed by atoms with van der Waals surface area (Å²) in [5, 5.41) is 14.3. The van der Waals surface area contributed by atoms with Crippen molar-refractivity contribution in [1.29, 1.82) is 0 Å². The average Bonchev–Trinajstić information content (AvgIpc) is 3.21. The van der Waals surface area contributed by atoms with Gasteiger partial charge >= 0.3 is 6.03 Å². The highest BCUT2D eigenvalue weighted by Gasteiger charge is 2.40. The van der Waals surface area contributed by atoms with Crippen LogP contribution in [0.4, 0.5) is 10.6 Å². The van der Waals surface area contributed by atoms with Gasteiger partial charge < -0.3 is 20.2 Å². The number of β-amino-alcohol motifs (C(OH)–C–C–N with tert-alkyl or cyclic N) is 1. The molecule has 8 heteroatoms. The van der Waals surface area contributed by atoms with Crippen molar-refractivity contribution in [3.63, 3.8) is 0 Å². The van der Waals surface area contributed by atoms with Gasteiger partial charge in [-0.15, -0.1) is 0 Å². The lowest BCUT2D eigenvalue weighted by molar-refractivity contribution is -0.0612. The number of nitrogens with zero attached hydrogens (tertiary/aromatic N) is 4. The summed E-state index contributed by atoms with van der Waals surface area (Å²) in [6, 6.07) is 8.81. The molecule has 0 bridgehead atoms. The van der Waals surface area contributed by atoms with Crippen molar-refractivity contribution in [2.75, 3.05) is 50.7 Å². The third-order valence-electron chi connectivity index (χ3n) is 7.41. The molecule has 0 spiro atoms. The van der Waals surface area contributed by atoms with E-state index in [1.165, 1.54) is 35.9 Å². The molecule has 1 aliphatic carbocycles. The molecule has 2 N–H and O–H groups in total. The summed E-state index contributed by atoms with van der Waals surface area (Å²) in [6.07, 6.45) is 5.81. The Balaban J connectivity index is 1.00. The van der Waals surface area contributed by atoms with E-state index in [2.05, 4.69) is 39.4 Å². The average molecular weight is 458 g/mol. The van der Waals surface area contributed by atoms with Crippen LogP contribution in [-0.2, 0) is 0 Å². The van der Waals surface area contributed by atoms with Gasteiger partial charge in [0, 0.05) is 37.6 Å². The van der Waals surface area contributed by atoms with Crippen LogP contribution in [0, 0.1) is 5.92 Å². The maximum absolute atomic E-state index is 12.3. The van der Waals surface area contributed by atoms with Crippen LogP contribution in [0.3, 0.4) is 0 Å². The zero-order valence-corrected chi connectivity index (χ0v) is 19.8. The van der Waals surface area contributed by atoms with Gasteiger partial charge in [0.2, 0.25) is 0 Å². The van der Waals surface area contributed by atoms with Crippen LogP contribution in [0.5, 0.6) is 0 Å². The Kier molecular flexibility index (Phi) is 6.27. The maximum Gasteiger partial charge on any atom is 0.317 e. The number of urea groups is 1. The number of anilines is 1. The molecule has 3 aliphatic rings. The zero-order valence-electron chi connectivity index (χ0n) is 19.0. The summed E-state index contributed by atoms with van der Waals surface area (Å²) in [7, 11) is 0. The molecule has 1 saturated carbocycles. The van der Waals surface area contributed by atoms with Crippen LogP contribution < -0.4 is 10.2 Å². The van der Waals surface area contributed by atoms with E-state index in [0.29, 0.717) is 19.1 Å². The Bertz CT molecular complexity index is 923. The van der Waals surface area contributed by atoms with Gasteiger partial charge in [-0.1, -0.05) is 12.1 Å². The monoisotopic (exact) mass is 457 g/mol. The van der Waals surface area contributed by atoms with Crippen LogP contribution in [0.1, 0.15) is 39.0 Å². The molecule has 1 aromatic carbocycles. The van der Waals surface area contributed by atoms with Crippen LogP contribution in [-0.4, -0.2) is 82.8 Å². The van der Waals surface area contributed by atoms with Crippen molar-refractivity contribution in [2.45, 2.75) is 50.7 Å². The third kappa shape index (κ3) is 4.87. The Morgan fingerprint density at radius 1 is 1.16 bits per heavy atom. The zero-order chi connectivity index (χ0) is 22.1. The Hall–Kier alpha value is -1.90. The van der Waals surface area contributed by atoms with E-state index < -0.39 is 5.60 Å². The number of piperazine rings is 1. The van der Waals surface area contributed by atoms with Crippen LogP contribution in [0.15, 0.2) is 24.3 Å². The molecule has 2 amide bonds. The van der Waals surface area contributed by atoms with E-state index >= 15 is 0 Å². The first-order chi connectivity index (χ1) is 15.5.